The molecule has 0 unspecified atom stereocenters. The molecule has 202 valence electrons. The summed E-state index contributed by atoms with van der Waals surface area (Å²) in [6.45, 7) is 19.0. The van der Waals surface area contributed by atoms with Gasteiger partial charge in [0.15, 0.2) is 0 Å². The Hall–Kier alpha value is -0.460. The van der Waals surface area contributed by atoms with Gasteiger partial charge in [0.2, 0.25) is 11.6 Å². The molecule has 0 aliphatic heterocycles. The molecule has 4 aliphatic carbocycles. The van der Waals surface area contributed by atoms with Crippen LogP contribution in [0.3, 0.4) is 0 Å². The average Bonchev–Trinajstić information content (AvgIpc) is 3.10. The first-order valence-electron chi connectivity index (χ1n) is 14.1. The second-order valence-electron chi connectivity index (χ2n) is 14.6. The first-order valence-corrected chi connectivity index (χ1v) is 14.1. The van der Waals surface area contributed by atoms with Crippen LogP contribution in [0.1, 0.15) is 106 Å². The molecule has 0 spiro atoms. The molecule has 5 N–H and O–H groups in total. The topological polar surface area (TPSA) is 101 Å². The third-order valence-electron chi connectivity index (χ3n) is 12.8. The molecule has 4 saturated carbocycles. The van der Waals surface area contributed by atoms with Gasteiger partial charge in [0.05, 0.1) is 0 Å². The Kier molecular flexibility index (Phi) is 6.51. The van der Waals surface area contributed by atoms with Gasteiger partial charge in [-0.15, -0.1) is 6.58 Å². The molecule has 0 radical (unpaired) electrons. The van der Waals surface area contributed by atoms with E-state index in [0.29, 0.717) is 17.8 Å². The summed E-state index contributed by atoms with van der Waals surface area (Å²) in [6, 6.07) is 0. The van der Waals surface area contributed by atoms with Gasteiger partial charge in [-0.2, -0.15) is 0 Å². The highest BCUT2D eigenvalue weighted by Gasteiger charge is 2.80. The summed E-state index contributed by atoms with van der Waals surface area (Å²) in [5.74, 6) is -4.16. The molecule has 0 aromatic rings. The van der Waals surface area contributed by atoms with E-state index in [0.717, 1.165) is 38.5 Å². The summed E-state index contributed by atoms with van der Waals surface area (Å²) in [6.07, 6.45) is 7.83. The fourth-order valence-corrected chi connectivity index (χ4v) is 10.6. The SMILES string of the molecule is C=C(C)CCC[C@H](C)[C@H]1CC[C@]2(C)[C@@H]1CC[C@@H]1[C@]3(C)[C@@H](CC[C@]12C)C(C)(C)[C@@H](O)C(O)(O)C3(O)O. The lowest BCUT2D eigenvalue weighted by molar-refractivity contribution is -0.480. The van der Waals surface area contributed by atoms with Gasteiger partial charge in [-0.1, -0.05) is 53.5 Å². The van der Waals surface area contributed by atoms with Crippen LogP contribution in [-0.4, -0.2) is 43.2 Å². The second-order valence-corrected chi connectivity index (χ2v) is 14.6. The van der Waals surface area contributed by atoms with Gasteiger partial charge in [-0.05, 0) is 104 Å². The Balaban J connectivity index is 1.69. The molecule has 4 rings (SSSR count). The van der Waals surface area contributed by atoms with Crippen molar-refractivity contribution in [3.63, 3.8) is 0 Å². The van der Waals surface area contributed by atoms with E-state index in [-0.39, 0.29) is 22.7 Å². The van der Waals surface area contributed by atoms with E-state index in [4.69, 9.17) is 0 Å². The smallest absolute Gasteiger partial charge is 0.246 e. The minimum absolute atomic E-state index is 0.0705. The maximum absolute atomic E-state index is 11.5. The summed E-state index contributed by atoms with van der Waals surface area (Å²) in [7, 11) is 0. The Bertz CT molecular complexity index is 848. The van der Waals surface area contributed by atoms with E-state index in [1.165, 1.54) is 24.8 Å². The monoisotopic (exact) mass is 492 g/mol. The lowest BCUT2D eigenvalue weighted by Crippen LogP contribution is -2.82. The van der Waals surface area contributed by atoms with Crippen molar-refractivity contribution < 1.29 is 25.5 Å². The predicted molar refractivity (Wildman–Crippen MR) is 138 cm³/mol. The number of allylic oxidation sites excluding steroid dienone is 1. The average molecular weight is 493 g/mol. The fourth-order valence-electron chi connectivity index (χ4n) is 10.6. The zero-order chi connectivity index (χ0) is 26.4. The number of fused-ring (bicyclic) bond motifs is 5. The largest absolute Gasteiger partial charge is 0.387 e. The van der Waals surface area contributed by atoms with Crippen molar-refractivity contribution in [2.24, 2.45) is 51.2 Å². The van der Waals surface area contributed by atoms with Crippen LogP contribution in [0.15, 0.2) is 12.2 Å². The lowest BCUT2D eigenvalue weighted by atomic mass is 9.33. The molecule has 35 heavy (non-hydrogen) atoms. The molecule has 0 bridgehead atoms. The summed E-state index contributed by atoms with van der Waals surface area (Å²) in [5.41, 5.74) is -0.819. The van der Waals surface area contributed by atoms with Crippen molar-refractivity contribution >= 4 is 0 Å². The van der Waals surface area contributed by atoms with E-state index < -0.39 is 28.5 Å². The normalized spacial score (nSPS) is 48.4. The van der Waals surface area contributed by atoms with Gasteiger partial charge in [-0.3, -0.25) is 0 Å². The number of hydrogen-bond acceptors (Lipinski definition) is 5. The first-order chi connectivity index (χ1) is 15.9. The first kappa shape index (κ1) is 27.6. The molecule has 0 saturated heterocycles. The minimum atomic E-state index is -2.99. The molecule has 4 aliphatic rings. The molecular formula is C30H52O5. The summed E-state index contributed by atoms with van der Waals surface area (Å²) in [5, 5.41) is 55.8. The van der Waals surface area contributed by atoms with E-state index in [9.17, 15) is 25.5 Å². The Morgan fingerprint density at radius 3 is 2.09 bits per heavy atom. The predicted octanol–water partition coefficient (Wildman–Crippen LogP) is 5.00. The van der Waals surface area contributed by atoms with Crippen LogP contribution < -0.4 is 0 Å². The quantitative estimate of drug-likeness (QED) is 0.275. The second kappa shape index (κ2) is 8.27. The van der Waals surface area contributed by atoms with Crippen LogP contribution in [0.25, 0.3) is 0 Å². The van der Waals surface area contributed by atoms with Crippen molar-refractivity contribution in [1.29, 1.82) is 0 Å². The van der Waals surface area contributed by atoms with Gasteiger partial charge < -0.3 is 25.5 Å². The molecule has 0 aromatic heterocycles. The Morgan fingerprint density at radius 1 is 0.886 bits per heavy atom. The van der Waals surface area contributed by atoms with Gasteiger partial charge in [0.1, 0.15) is 6.10 Å². The van der Waals surface area contributed by atoms with E-state index >= 15 is 0 Å². The highest BCUT2D eigenvalue weighted by atomic mass is 16.6. The van der Waals surface area contributed by atoms with Crippen LogP contribution in [0.2, 0.25) is 0 Å². The van der Waals surface area contributed by atoms with Crippen molar-refractivity contribution in [3.05, 3.63) is 12.2 Å². The molecule has 9 atom stereocenters. The zero-order valence-corrected chi connectivity index (χ0v) is 23.3. The molecule has 5 nitrogen and oxygen atoms in total. The van der Waals surface area contributed by atoms with Crippen LogP contribution >= 0.6 is 0 Å². The third kappa shape index (κ3) is 3.37. The molecule has 0 heterocycles. The summed E-state index contributed by atoms with van der Waals surface area (Å²) >= 11 is 0. The van der Waals surface area contributed by atoms with Crippen LogP contribution in [0.5, 0.6) is 0 Å². The van der Waals surface area contributed by atoms with E-state index in [2.05, 4.69) is 34.3 Å². The lowest BCUT2D eigenvalue weighted by Gasteiger charge is -2.73. The fraction of sp³-hybridized carbons (Fsp3) is 0.933. The van der Waals surface area contributed by atoms with Crippen molar-refractivity contribution in [2.75, 3.05) is 0 Å². The van der Waals surface area contributed by atoms with Gasteiger partial charge in [0, 0.05) is 5.41 Å². The summed E-state index contributed by atoms with van der Waals surface area (Å²) < 4.78 is 0. The van der Waals surface area contributed by atoms with Crippen LogP contribution in [0, 0.1) is 51.2 Å². The highest BCUT2D eigenvalue weighted by Crippen LogP contribution is 2.77. The van der Waals surface area contributed by atoms with E-state index in [1.807, 2.05) is 20.8 Å². The summed E-state index contributed by atoms with van der Waals surface area (Å²) in [4.78, 5) is 0. The Labute approximate surface area is 213 Å². The molecular weight excluding hydrogens is 440 g/mol. The minimum Gasteiger partial charge on any atom is -0.387 e. The number of hydrogen-bond donors (Lipinski definition) is 5. The Morgan fingerprint density at radius 2 is 1.49 bits per heavy atom. The molecule has 0 amide bonds. The standard InChI is InChI=1S/C30H52O5/c1-18(2)10-9-11-19(3)20-14-16-26(6)21(20)12-13-23-27(26,7)17-15-22-25(4,5)24(31)29(32,33)30(34,35)28(22,23)8/h19-24,31-35H,1,9-17H2,2-8H3/t19-,20+,21+,22-,23-,24+,26+,27+,28-/m0/s1. The van der Waals surface area contributed by atoms with Crippen LogP contribution in [-0.2, 0) is 0 Å². The van der Waals surface area contributed by atoms with Crippen molar-refractivity contribution in [3.8, 4) is 0 Å². The van der Waals surface area contributed by atoms with Crippen molar-refractivity contribution in [2.45, 2.75) is 124 Å². The molecule has 5 heteroatoms. The highest BCUT2D eigenvalue weighted by molar-refractivity contribution is 5.23. The number of rotatable bonds is 5. The maximum atomic E-state index is 11.5. The van der Waals surface area contributed by atoms with Gasteiger partial charge >= 0.3 is 0 Å². The maximum Gasteiger partial charge on any atom is 0.246 e. The number of aliphatic hydroxyl groups excluding tert-OH is 1. The van der Waals surface area contributed by atoms with Gasteiger partial charge in [-0.25, -0.2) is 0 Å². The van der Waals surface area contributed by atoms with Crippen LogP contribution in [0.4, 0.5) is 0 Å². The van der Waals surface area contributed by atoms with Gasteiger partial charge in [0.25, 0.3) is 0 Å². The van der Waals surface area contributed by atoms with Crippen molar-refractivity contribution in [1.82, 2.24) is 0 Å². The molecule has 4 fully saturated rings. The zero-order valence-electron chi connectivity index (χ0n) is 23.3. The molecule has 0 aromatic carbocycles. The number of aliphatic hydroxyl groups is 5. The third-order valence-corrected chi connectivity index (χ3v) is 12.8. The van der Waals surface area contributed by atoms with E-state index in [1.54, 1.807) is 0 Å².